The Bertz CT molecular complexity index is 1170. The highest BCUT2D eigenvalue weighted by atomic mass is 31.2. The lowest BCUT2D eigenvalue weighted by Gasteiger charge is -2.25. The van der Waals surface area contributed by atoms with Crippen LogP contribution in [0.1, 0.15) is 65.4 Å². The predicted molar refractivity (Wildman–Crippen MR) is 130 cm³/mol. The minimum Gasteiger partial charge on any atom is -0.464 e. The lowest BCUT2D eigenvalue weighted by molar-refractivity contribution is -0.147. The first-order valence-electron chi connectivity index (χ1n) is 12.3. The molecule has 3 rings (SSSR count). The van der Waals surface area contributed by atoms with Crippen LogP contribution in [0.2, 0.25) is 0 Å². The molecule has 1 N–H and O–H groups in total. The van der Waals surface area contributed by atoms with Gasteiger partial charge in [0.1, 0.15) is 11.8 Å². The highest BCUT2D eigenvalue weighted by molar-refractivity contribution is 7.52. The number of nitrogens with one attached hydrogen (secondary N) is 1. The van der Waals surface area contributed by atoms with Crippen molar-refractivity contribution in [3.8, 4) is 11.5 Å². The van der Waals surface area contributed by atoms with Gasteiger partial charge in [-0.05, 0) is 48.8 Å². The summed E-state index contributed by atoms with van der Waals surface area (Å²) >= 11 is 0. The van der Waals surface area contributed by atoms with Gasteiger partial charge in [0, 0.05) is 0 Å². The van der Waals surface area contributed by atoms with E-state index in [4.69, 9.17) is 13.8 Å². The number of hydrogen-bond acceptors (Lipinski definition) is 5. The Balaban J connectivity index is 1.87. The highest BCUT2D eigenvalue weighted by Gasteiger charge is 2.38. The predicted octanol–water partition coefficient (Wildman–Crippen LogP) is 7.35. The molecular formula is C26H31F5NO5P. The number of ether oxygens (including phenoxy) is 1. The molecule has 6 nitrogen and oxygen atoms in total. The first kappa shape index (κ1) is 29.9. The zero-order chi connectivity index (χ0) is 28.3. The number of benzene rings is 2. The Kier molecular flexibility index (Phi) is 9.47. The Morgan fingerprint density at radius 3 is 1.97 bits per heavy atom. The largest absolute Gasteiger partial charge is 0.513 e. The van der Waals surface area contributed by atoms with Crippen molar-refractivity contribution in [3.05, 3.63) is 58.9 Å². The average Bonchev–Trinajstić information content (AvgIpc) is 2.87. The molecule has 210 valence electrons. The van der Waals surface area contributed by atoms with Gasteiger partial charge in [-0.2, -0.15) is 13.9 Å². The molecule has 1 aliphatic carbocycles. The third-order valence-corrected chi connectivity index (χ3v) is 7.80. The van der Waals surface area contributed by atoms with Crippen LogP contribution in [0.5, 0.6) is 11.5 Å². The summed E-state index contributed by atoms with van der Waals surface area (Å²) in [5.41, 5.74) is 0.621. The lowest BCUT2D eigenvalue weighted by atomic mass is 9.87. The second kappa shape index (κ2) is 12.0. The van der Waals surface area contributed by atoms with Gasteiger partial charge in [-0.1, -0.05) is 52.2 Å². The molecular weight excluding hydrogens is 532 g/mol. The maximum atomic E-state index is 14.3. The van der Waals surface area contributed by atoms with Crippen LogP contribution in [0.4, 0.5) is 22.0 Å². The first-order valence-corrected chi connectivity index (χ1v) is 13.8. The topological polar surface area (TPSA) is 73.9 Å². The van der Waals surface area contributed by atoms with Gasteiger partial charge in [0.25, 0.3) is 0 Å². The van der Waals surface area contributed by atoms with E-state index in [1.165, 1.54) is 19.1 Å². The standard InChI is InChI=1S/C26H31F5NO5P/c1-15(25(33)35-14-16-8-6-5-7-9-16)32-38(34,36-18-12-10-17(11-13-18)26(2,3)4)37-24-22(30)20(28)19(27)21(29)23(24)31/h10-13,15-16H,5-9,14H2,1-4H3,(H,32,34)/t15-,38?/m0/s1. The van der Waals surface area contributed by atoms with Gasteiger partial charge in [-0.3, -0.25) is 4.79 Å². The summed E-state index contributed by atoms with van der Waals surface area (Å²) < 4.78 is 98.8. The fourth-order valence-corrected chi connectivity index (χ4v) is 5.50. The zero-order valence-electron chi connectivity index (χ0n) is 21.6. The molecule has 0 radical (unpaired) electrons. The zero-order valence-corrected chi connectivity index (χ0v) is 22.5. The maximum Gasteiger partial charge on any atom is 0.513 e. The van der Waals surface area contributed by atoms with Gasteiger partial charge in [-0.15, -0.1) is 0 Å². The molecule has 1 fully saturated rings. The van der Waals surface area contributed by atoms with Crippen molar-refractivity contribution in [2.24, 2.45) is 5.92 Å². The Morgan fingerprint density at radius 2 is 1.45 bits per heavy atom. The van der Waals surface area contributed by atoms with E-state index < -0.39 is 54.6 Å². The fourth-order valence-electron chi connectivity index (χ4n) is 3.98. The van der Waals surface area contributed by atoms with Crippen LogP contribution in [-0.4, -0.2) is 18.6 Å². The molecule has 0 aliphatic heterocycles. The van der Waals surface area contributed by atoms with Crippen molar-refractivity contribution < 1.29 is 45.1 Å². The van der Waals surface area contributed by atoms with Gasteiger partial charge < -0.3 is 13.8 Å². The van der Waals surface area contributed by atoms with E-state index in [1.54, 1.807) is 12.1 Å². The number of esters is 1. The van der Waals surface area contributed by atoms with Crippen LogP contribution in [-0.2, 0) is 19.5 Å². The Labute approximate surface area is 218 Å². The lowest BCUT2D eigenvalue weighted by Crippen LogP contribution is -2.36. The number of rotatable bonds is 9. The quantitative estimate of drug-likeness (QED) is 0.113. The van der Waals surface area contributed by atoms with E-state index in [-0.39, 0.29) is 23.7 Å². The van der Waals surface area contributed by atoms with Crippen molar-refractivity contribution in [3.63, 3.8) is 0 Å². The van der Waals surface area contributed by atoms with E-state index >= 15 is 0 Å². The van der Waals surface area contributed by atoms with Crippen molar-refractivity contribution in [2.45, 2.75) is 71.3 Å². The Morgan fingerprint density at radius 1 is 0.921 bits per heavy atom. The molecule has 0 amide bonds. The maximum absolute atomic E-state index is 14.3. The van der Waals surface area contributed by atoms with Gasteiger partial charge in [-0.25, -0.2) is 17.7 Å². The minimum absolute atomic E-state index is 0.111. The van der Waals surface area contributed by atoms with E-state index in [2.05, 4.69) is 5.09 Å². The molecule has 12 heteroatoms. The molecule has 1 saturated carbocycles. The molecule has 2 aromatic carbocycles. The van der Waals surface area contributed by atoms with Crippen LogP contribution < -0.4 is 14.1 Å². The molecule has 2 atom stereocenters. The molecule has 0 saturated heterocycles. The summed E-state index contributed by atoms with van der Waals surface area (Å²) in [6, 6.07) is 4.67. The van der Waals surface area contributed by atoms with Gasteiger partial charge in [0.05, 0.1) is 6.61 Å². The minimum atomic E-state index is -4.98. The molecule has 1 unspecified atom stereocenters. The third-order valence-electron chi connectivity index (χ3n) is 6.22. The highest BCUT2D eigenvalue weighted by Crippen LogP contribution is 2.48. The van der Waals surface area contributed by atoms with Crippen LogP contribution >= 0.6 is 7.75 Å². The Hall–Kier alpha value is -2.65. The summed E-state index contributed by atoms with van der Waals surface area (Å²) in [4.78, 5) is 12.6. The molecule has 0 bridgehead atoms. The summed E-state index contributed by atoms with van der Waals surface area (Å²) in [6.07, 6.45) is 4.93. The molecule has 2 aromatic rings. The van der Waals surface area contributed by atoms with Crippen molar-refractivity contribution in [1.82, 2.24) is 5.09 Å². The van der Waals surface area contributed by atoms with E-state index in [9.17, 15) is 31.3 Å². The van der Waals surface area contributed by atoms with Crippen LogP contribution in [0.25, 0.3) is 0 Å². The second-order valence-electron chi connectivity index (χ2n) is 10.3. The second-order valence-corrected chi connectivity index (χ2v) is 12.0. The van der Waals surface area contributed by atoms with E-state index in [1.807, 2.05) is 20.8 Å². The smallest absolute Gasteiger partial charge is 0.464 e. The molecule has 38 heavy (non-hydrogen) atoms. The number of carbonyl (C=O) groups is 1. The van der Waals surface area contributed by atoms with Gasteiger partial charge >= 0.3 is 13.7 Å². The van der Waals surface area contributed by atoms with Crippen molar-refractivity contribution in [1.29, 1.82) is 0 Å². The molecule has 0 heterocycles. The van der Waals surface area contributed by atoms with Gasteiger partial charge in [0.15, 0.2) is 0 Å². The fraction of sp³-hybridized carbons (Fsp3) is 0.500. The normalized spacial score (nSPS) is 17.0. The average molecular weight is 564 g/mol. The summed E-state index contributed by atoms with van der Waals surface area (Å²) in [6.45, 7) is 7.21. The van der Waals surface area contributed by atoms with Crippen molar-refractivity contribution >= 4 is 13.7 Å². The summed E-state index contributed by atoms with van der Waals surface area (Å²) in [7, 11) is -4.98. The molecule has 0 aromatic heterocycles. The number of hydrogen-bond donors (Lipinski definition) is 1. The molecule has 0 spiro atoms. The summed E-state index contributed by atoms with van der Waals surface area (Å²) in [5.74, 6) is -14.3. The number of carbonyl (C=O) groups excluding carboxylic acids is 1. The SMILES string of the molecule is C[C@H](NP(=O)(Oc1ccc(C(C)(C)C)cc1)Oc1c(F)c(F)c(F)c(F)c1F)C(=O)OCC1CCCCC1. The van der Waals surface area contributed by atoms with Gasteiger partial charge in [0.2, 0.25) is 34.8 Å². The van der Waals surface area contributed by atoms with Crippen LogP contribution in [0.3, 0.4) is 0 Å². The number of halogens is 5. The van der Waals surface area contributed by atoms with Crippen LogP contribution in [0.15, 0.2) is 24.3 Å². The van der Waals surface area contributed by atoms with Crippen molar-refractivity contribution in [2.75, 3.05) is 6.61 Å². The third kappa shape index (κ3) is 7.26. The van der Waals surface area contributed by atoms with Crippen LogP contribution in [0, 0.1) is 35.0 Å². The van der Waals surface area contributed by atoms with E-state index in [0.29, 0.717) is 0 Å². The first-order chi connectivity index (χ1) is 17.7. The summed E-state index contributed by atoms with van der Waals surface area (Å²) in [5, 5.41) is 2.20. The van der Waals surface area contributed by atoms with E-state index in [0.717, 1.165) is 37.7 Å². The molecule has 1 aliphatic rings. The monoisotopic (exact) mass is 563 g/mol.